The molecule has 0 spiro atoms. The number of rotatable bonds is 6. The van der Waals surface area contributed by atoms with Crippen LogP contribution in [0.25, 0.3) is 0 Å². The zero-order valence-electron chi connectivity index (χ0n) is 21.0. The SMILES string of the molecule is [O-]B([O-])Oc1c(F)c(F)c(F)c(F)c1F.c1ccc([I+]c2ccccc2)cc1.c1ccc([I+]c2ccccc2)cc1. The van der Waals surface area contributed by atoms with Crippen LogP contribution in [0.2, 0.25) is 0 Å². The highest BCUT2D eigenvalue weighted by Gasteiger charge is 2.26. The summed E-state index contributed by atoms with van der Waals surface area (Å²) in [4.78, 5) is 0. The van der Waals surface area contributed by atoms with E-state index in [1.54, 1.807) is 0 Å². The van der Waals surface area contributed by atoms with Gasteiger partial charge in [0, 0.05) is 0 Å². The Morgan fingerprint density at radius 2 is 0.659 bits per heavy atom. The van der Waals surface area contributed by atoms with E-state index in [-0.39, 0.29) is 42.4 Å². The third-order valence-corrected chi connectivity index (χ3v) is 10.1. The minimum absolute atomic E-state index is 0.0287. The predicted octanol–water partition coefficient (Wildman–Crippen LogP) is -0.904. The predicted molar refractivity (Wildman–Crippen MR) is 133 cm³/mol. The van der Waals surface area contributed by atoms with Crippen LogP contribution >= 0.6 is 0 Å². The van der Waals surface area contributed by atoms with Crippen LogP contribution in [0, 0.1) is 43.4 Å². The molecule has 11 heteroatoms. The fraction of sp³-hybridized carbons (Fsp3) is 0. The molecule has 0 saturated heterocycles. The van der Waals surface area contributed by atoms with Gasteiger partial charge in [-0.05, 0) is 48.5 Å². The fourth-order valence-electron chi connectivity index (χ4n) is 2.95. The number of hydrogen-bond acceptors (Lipinski definition) is 3. The van der Waals surface area contributed by atoms with Gasteiger partial charge in [0.05, 0.1) is 0 Å². The average Bonchev–Trinajstić information content (AvgIpc) is 3.00. The summed E-state index contributed by atoms with van der Waals surface area (Å²) in [5, 5.41) is 19.7. The molecule has 0 atom stereocenters. The zero-order valence-corrected chi connectivity index (χ0v) is 25.3. The molecule has 5 rings (SSSR count). The van der Waals surface area contributed by atoms with Crippen molar-refractivity contribution in [3.05, 3.63) is 165 Å². The molecular formula is C30H20BF5I2O3. The first-order chi connectivity index (χ1) is 19.8. The summed E-state index contributed by atoms with van der Waals surface area (Å²) < 4.78 is 71.8. The van der Waals surface area contributed by atoms with Gasteiger partial charge in [-0.3, -0.25) is 0 Å². The van der Waals surface area contributed by atoms with Gasteiger partial charge >= 0.3 is 42.4 Å². The highest BCUT2D eigenvalue weighted by atomic mass is 127. The van der Waals surface area contributed by atoms with Crippen LogP contribution in [-0.4, -0.2) is 7.32 Å². The van der Waals surface area contributed by atoms with Crippen molar-refractivity contribution in [2.75, 3.05) is 0 Å². The molecule has 0 amide bonds. The van der Waals surface area contributed by atoms with E-state index in [1.807, 2.05) is 0 Å². The first-order valence-corrected chi connectivity index (χ1v) is 16.1. The lowest BCUT2D eigenvalue weighted by Crippen LogP contribution is -3.61. The van der Waals surface area contributed by atoms with E-state index in [1.165, 1.54) is 14.3 Å². The molecule has 0 N–H and O–H groups in total. The Balaban J connectivity index is 0.000000170. The van der Waals surface area contributed by atoms with Gasteiger partial charge in [-0.15, -0.1) is 0 Å². The van der Waals surface area contributed by atoms with E-state index >= 15 is 0 Å². The number of halogens is 7. The van der Waals surface area contributed by atoms with Crippen molar-refractivity contribution in [3.63, 3.8) is 0 Å². The second kappa shape index (κ2) is 17.1. The lowest BCUT2D eigenvalue weighted by molar-refractivity contribution is -0.597. The largest absolute Gasteiger partial charge is 0.860 e. The summed E-state index contributed by atoms with van der Waals surface area (Å²) in [5.74, 6) is -13.6. The molecule has 0 saturated carbocycles. The summed E-state index contributed by atoms with van der Waals surface area (Å²) in [5.41, 5.74) is 0. The van der Waals surface area contributed by atoms with Crippen molar-refractivity contribution < 1.29 is 79.1 Å². The van der Waals surface area contributed by atoms with Gasteiger partial charge < -0.3 is 14.7 Å². The topological polar surface area (TPSA) is 55.3 Å². The van der Waals surface area contributed by atoms with Gasteiger partial charge in [0.15, 0.2) is 20.0 Å². The highest BCUT2D eigenvalue weighted by molar-refractivity contribution is 6.29. The van der Waals surface area contributed by atoms with Crippen LogP contribution in [0.1, 0.15) is 0 Å². The van der Waals surface area contributed by atoms with E-state index < -0.39 is 42.2 Å². The van der Waals surface area contributed by atoms with Crippen molar-refractivity contribution in [3.8, 4) is 5.75 Å². The molecular weight excluding hydrogens is 768 g/mol. The maximum Gasteiger partial charge on any atom is 0.357 e. The molecule has 210 valence electrons. The molecule has 3 nitrogen and oxygen atoms in total. The summed E-state index contributed by atoms with van der Waals surface area (Å²) in [6, 6.07) is 42.8. The van der Waals surface area contributed by atoms with Gasteiger partial charge in [0.2, 0.25) is 29.1 Å². The maximum absolute atomic E-state index is 12.6. The molecule has 0 heterocycles. The van der Waals surface area contributed by atoms with Gasteiger partial charge in [0.25, 0.3) is 0 Å². The summed E-state index contributed by atoms with van der Waals surface area (Å²) in [7, 11) is -3.20. The Morgan fingerprint density at radius 3 is 0.902 bits per heavy atom. The Morgan fingerprint density at radius 1 is 0.415 bits per heavy atom. The summed E-state index contributed by atoms with van der Waals surface area (Å²) in [6.45, 7) is 0. The van der Waals surface area contributed by atoms with E-state index in [4.69, 9.17) is 0 Å². The molecule has 0 fully saturated rings. The molecule has 5 aromatic rings. The van der Waals surface area contributed by atoms with Crippen molar-refractivity contribution in [2.45, 2.75) is 0 Å². The monoisotopic (exact) mass is 788 g/mol. The standard InChI is InChI=1S/2C12H10I.C6BF5O3/c2*1-3-7-11(8-4-1)13-12-9-5-2-6-10-12;8-1-2(9)4(11)6(15-7(13)14)5(12)3(1)10/h2*1-10H;/q2*+1;-2. The lowest BCUT2D eigenvalue weighted by atomic mass is 10.2. The van der Waals surface area contributed by atoms with Crippen molar-refractivity contribution >= 4 is 7.32 Å². The second-order valence-corrected chi connectivity index (χ2v) is 13.7. The third-order valence-electron chi connectivity index (χ3n) is 4.75. The summed E-state index contributed by atoms with van der Waals surface area (Å²) in [6.07, 6.45) is 0. The van der Waals surface area contributed by atoms with E-state index in [0.29, 0.717) is 0 Å². The van der Waals surface area contributed by atoms with E-state index in [9.17, 15) is 32.0 Å². The van der Waals surface area contributed by atoms with Crippen LogP contribution in [0.5, 0.6) is 5.75 Å². The second-order valence-electron chi connectivity index (χ2n) is 7.68. The van der Waals surface area contributed by atoms with Crippen molar-refractivity contribution in [1.82, 2.24) is 0 Å². The summed E-state index contributed by atoms with van der Waals surface area (Å²) >= 11 is 0.0574. The molecule has 0 unspecified atom stereocenters. The lowest BCUT2D eigenvalue weighted by Gasteiger charge is -2.27. The minimum atomic E-state index is -3.20. The third kappa shape index (κ3) is 10.7. The quantitative estimate of drug-likeness (QED) is 0.0738. The van der Waals surface area contributed by atoms with Crippen LogP contribution in [0.15, 0.2) is 121 Å². The maximum atomic E-state index is 12.6. The minimum Gasteiger partial charge on any atom is -0.860 e. The van der Waals surface area contributed by atoms with E-state index in [0.717, 1.165) is 0 Å². The highest BCUT2D eigenvalue weighted by Crippen LogP contribution is 2.28. The molecule has 5 aromatic carbocycles. The molecule has 0 bridgehead atoms. The first kappa shape index (κ1) is 32.5. The molecule has 0 aliphatic carbocycles. The van der Waals surface area contributed by atoms with Crippen LogP contribution in [-0.2, 0) is 0 Å². The fourth-order valence-corrected chi connectivity index (χ4v) is 7.48. The Hall–Kier alpha value is -3.01. The Kier molecular flexibility index (Phi) is 13.5. The van der Waals surface area contributed by atoms with Gasteiger partial charge in [-0.1, -0.05) is 72.8 Å². The molecule has 41 heavy (non-hydrogen) atoms. The van der Waals surface area contributed by atoms with Crippen molar-refractivity contribution in [2.24, 2.45) is 0 Å². The zero-order chi connectivity index (χ0) is 29.6. The van der Waals surface area contributed by atoms with Crippen LogP contribution < -0.4 is 57.1 Å². The Labute approximate surface area is 255 Å². The number of hydrogen-bond donors (Lipinski definition) is 0. The molecule has 0 radical (unpaired) electrons. The average molecular weight is 788 g/mol. The Bertz CT molecular complexity index is 1300. The smallest absolute Gasteiger partial charge is 0.357 e. The van der Waals surface area contributed by atoms with Gasteiger partial charge in [-0.25, -0.2) is 13.2 Å². The van der Waals surface area contributed by atoms with Crippen LogP contribution in [0.4, 0.5) is 22.0 Å². The molecule has 0 aliphatic rings. The van der Waals surface area contributed by atoms with Gasteiger partial charge in [-0.2, -0.15) is 8.78 Å². The van der Waals surface area contributed by atoms with E-state index in [2.05, 4.69) is 126 Å². The first-order valence-electron chi connectivity index (χ1n) is 11.8. The van der Waals surface area contributed by atoms with Gasteiger partial charge in [0.1, 0.15) is 7.32 Å². The number of benzene rings is 5. The normalized spacial score (nSPS) is 10.0. The van der Waals surface area contributed by atoms with Crippen LogP contribution in [0.3, 0.4) is 0 Å². The van der Waals surface area contributed by atoms with Crippen molar-refractivity contribution in [1.29, 1.82) is 0 Å². The molecule has 0 aliphatic heterocycles. The molecule has 0 aromatic heterocycles.